The van der Waals surface area contributed by atoms with Crippen LogP contribution in [0.1, 0.15) is 27.3 Å². The number of carbonyl (C=O) groups excluding carboxylic acids is 2. The third kappa shape index (κ3) is 6.08. The first-order chi connectivity index (χ1) is 14.0. The molecule has 0 radical (unpaired) electrons. The van der Waals surface area contributed by atoms with Crippen LogP contribution in [-0.2, 0) is 22.6 Å². The molecule has 0 spiro atoms. The highest BCUT2D eigenvalue weighted by atomic mass is 32.1. The number of aryl methyl sites for hydroxylation is 1. The molecule has 3 aromatic rings. The Bertz CT molecular complexity index is 991. The summed E-state index contributed by atoms with van der Waals surface area (Å²) in [4.78, 5) is 24.0. The van der Waals surface area contributed by atoms with E-state index in [9.17, 15) is 14.0 Å². The average Bonchev–Trinajstić information content (AvgIpc) is 3.21. The van der Waals surface area contributed by atoms with Crippen molar-refractivity contribution >= 4 is 28.9 Å². The molecule has 0 aliphatic heterocycles. The molecule has 9 heteroatoms. The second-order valence-electron chi connectivity index (χ2n) is 5.91. The van der Waals surface area contributed by atoms with E-state index in [2.05, 4.69) is 22.4 Å². The van der Waals surface area contributed by atoms with E-state index in [1.807, 2.05) is 24.3 Å². The Hall–Kier alpha value is -3.33. The Morgan fingerprint density at radius 3 is 2.66 bits per heavy atom. The van der Waals surface area contributed by atoms with Gasteiger partial charge in [0.1, 0.15) is 18.2 Å². The minimum absolute atomic E-state index is 0.137. The molecule has 0 fully saturated rings. The van der Waals surface area contributed by atoms with E-state index in [1.54, 1.807) is 0 Å². The zero-order chi connectivity index (χ0) is 20.6. The number of hydrogen-bond acceptors (Lipinski definition) is 7. The summed E-state index contributed by atoms with van der Waals surface area (Å²) in [7, 11) is 0. The smallest absolute Gasteiger partial charge is 0.344 e. The Kier molecular flexibility index (Phi) is 6.85. The number of amides is 1. The molecule has 0 saturated carbocycles. The largest absolute Gasteiger partial charge is 0.482 e. The van der Waals surface area contributed by atoms with Gasteiger partial charge < -0.3 is 14.8 Å². The van der Waals surface area contributed by atoms with Crippen LogP contribution in [0.5, 0.6) is 5.75 Å². The number of aromatic nitrogens is 2. The molecular formula is C20H18FN3O4S. The van der Waals surface area contributed by atoms with E-state index >= 15 is 0 Å². The van der Waals surface area contributed by atoms with E-state index < -0.39 is 17.7 Å². The summed E-state index contributed by atoms with van der Waals surface area (Å²) >= 11 is 1.02. The standard InChI is InChI=1S/C20H18FN3O4S/c1-2-13-6-8-15(9-7-13)22-19(26)20-24-23-17(29-20)11-28-18(25)12-27-16-5-3-4-14(21)10-16/h3-10H,2,11-12H2,1H3,(H,22,26). The highest BCUT2D eigenvalue weighted by Crippen LogP contribution is 2.16. The summed E-state index contributed by atoms with van der Waals surface area (Å²) in [5.74, 6) is -1.27. The van der Waals surface area contributed by atoms with Crippen molar-refractivity contribution in [2.75, 3.05) is 11.9 Å². The summed E-state index contributed by atoms with van der Waals surface area (Å²) < 4.78 is 23.2. The van der Waals surface area contributed by atoms with Crippen LogP contribution in [0.25, 0.3) is 0 Å². The molecular weight excluding hydrogens is 397 g/mol. The number of anilines is 1. The maximum Gasteiger partial charge on any atom is 0.344 e. The van der Waals surface area contributed by atoms with Crippen LogP contribution in [0, 0.1) is 5.82 Å². The average molecular weight is 415 g/mol. The first-order valence-corrected chi connectivity index (χ1v) is 9.62. The van der Waals surface area contributed by atoms with Gasteiger partial charge in [-0.3, -0.25) is 4.79 Å². The third-order valence-corrected chi connectivity index (χ3v) is 4.69. The zero-order valence-electron chi connectivity index (χ0n) is 15.6. The van der Waals surface area contributed by atoms with E-state index in [4.69, 9.17) is 9.47 Å². The minimum Gasteiger partial charge on any atom is -0.482 e. The molecule has 1 heterocycles. The second-order valence-corrected chi connectivity index (χ2v) is 6.97. The molecule has 1 amide bonds. The second kappa shape index (κ2) is 9.74. The van der Waals surface area contributed by atoms with Crippen LogP contribution in [0.4, 0.5) is 10.1 Å². The van der Waals surface area contributed by atoms with Gasteiger partial charge in [0.05, 0.1) is 0 Å². The number of hydrogen-bond donors (Lipinski definition) is 1. The summed E-state index contributed by atoms with van der Waals surface area (Å²) in [5, 5.41) is 10.9. The fourth-order valence-electron chi connectivity index (χ4n) is 2.29. The van der Waals surface area contributed by atoms with Crippen molar-refractivity contribution in [1.29, 1.82) is 0 Å². The summed E-state index contributed by atoms with van der Waals surface area (Å²) in [6.07, 6.45) is 0.917. The van der Waals surface area contributed by atoms with Crippen molar-refractivity contribution in [3.05, 3.63) is 69.9 Å². The lowest BCUT2D eigenvalue weighted by atomic mass is 10.1. The number of esters is 1. The lowest BCUT2D eigenvalue weighted by Crippen LogP contribution is -2.14. The third-order valence-electron chi connectivity index (χ3n) is 3.79. The van der Waals surface area contributed by atoms with Gasteiger partial charge in [0, 0.05) is 11.8 Å². The van der Waals surface area contributed by atoms with Crippen molar-refractivity contribution in [2.45, 2.75) is 20.0 Å². The van der Waals surface area contributed by atoms with Crippen LogP contribution in [0.3, 0.4) is 0 Å². The van der Waals surface area contributed by atoms with Gasteiger partial charge in [-0.15, -0.1) is 10.2 Å². The normalized spacial score (nSPS) is 10.4. The van der Waals surface area contributed by atoms with Gasteiger partial charge >= 0.3 is 5.97 Å². The molecule has 7 nitrogen and oxygen atoms in total. The number of nitrogens with zero attached hydrogens (tertiary/aromatic N) is 2. The Balaban J connectivity index is 1.46. The van der Waals surface area contributed by atoms with Crippen molar-refractivity contribution in [3.8, 4) is 5.75 Å². The van der Waals surface area contributed by atoms with Gasteiger partial charge in [-0.25, -0.2) is 9.18 Å². The summed E-state index contributed by atoms with van der Waals surface area (Å²) in [5.41, 5.74) is 1.83. The first-order valence-electron chi connectivity index (χ1n) is 8.80. The number of rotatable bonds is 8. The van der Waals surface area contributed by atoms with Gasteiger partial charge in [-0.05, 0) is 36.2 Å². The highest BCUT2D eigenvalue weighted by molar-refractivity contribution is 7.13. The molecule has 29 heavy (non-hydrogen) atoms. The molecule has 0 aliphatic rings. The van der Waals surface area contributed by atoms with Gasteiger partial charge in [0.25, 0.3) is 5.91 Å². The maximum atomic E-state index is 13.1. The van der Waals surface area contributed by atoms with E-state index in [1.165, 1.54) is 29.8 Å². The number of ether oxygens (including phenoxy) is 2. The Morgan fingerprint density at radius 2 is 1.93 bits per heavy atom. The first kappa shape index (κ1) is 20.4. The molecule has 0 bridgehead atoms. The molecule has 0 unspecified atom stereocenters. The van der Waals surface area contributed by atoms with Crippen LogP contribution in [0.15, 0.2) is 48.5 Å². The molecule has 3 rings (SSSR count). The molecule has 150 valence electrons. The molecule has 1 N–H and O–H groups in total. The van der Waals surface area contributed by atoms with Gasteiger partial charge in [0.15, 0.2) is 11.6 Å². The summed E-state index contributed by atoms with van der Waals surface area (Å²) in [6, 6.07) is 13.0. The van der Waals surface area contributed by atoms with Crippen LogP contribution in [-0.4, -0.2) is 28.7 Å². The number of benzene rings is 2. The fourth-order valence-corrected chi connectivity index (χ4v) is 2.94. The maximum absolute atomic E-state index is 13.1. The topological polar surface area (TPSA) is 90.4 Å². The fraction of sp³-hybridized carbons (Fsp3) is 0.200. The zero-order valence-corrected chi connectivity index (χ0v) is 16.4. The molecule has 1 aromatic heterocycles. The number of carbonyl (C=O) groups is 2. The van der Waals surface area contributed by atoms with Crippen molar-refractivity contribution in [3.63, 3.8) is 0 Å². The lowest BCUT2D eigenvalue weighted by molar-refractivity contribution is -0.147. The van der Waals surface area contributed by atoms with E-state index in [-0.39, 0.29) is 24.0 Å². The Morgan fingerprint density at radius 1 is 1.14 bits per heavy atom. The van der Waals surface area contributed by atoms with Crippen molar-refractivity contribution < 1.29 is 23.5 Å². The van der Waals surface area contributed by atoms with Crippen LogP contribution >= 0.6 is 11.3 Å². The number of halogens is 1. The van der Waals surface area contributed by atoms with Crippen LogP contribution < -0.4 is 10.1 Å². The number of nitrogens with one attached hydrogen (secondary N) is 1. The lowest BCUT2D eigenvalue weighted by Gasteiger charge is -2.05. The van der Waals surface area contributed by atoms with Gasteiger partial charge in [-0.1, -0.05) is 36.5 Å². The van der Waals surface area contributed by atoms with E-state index in [0.717, 1.165) is 17.8 Å². The molecule has 0 atom stereocenters. The summed E-state index contributed by atoms with van der Waals surface area (Å²) in [6.45, 7) is 1.54. The van der Waals surface area contributed by atoms with E-state index in [0.29, 0.717) is 10.7 Å². The predicted octanol–water partition coefficient (Wildman–Crippen LogP) is 3.61. The quantitative estimate of drug-likeness (QED) is 0.565. The van der Waals surface area contributed by atoms with Crippen molar-refractivity contribution in [1.82, 2.24) is 10.2 Å². The highest BCUT2D eigenvalue weighted by Gasteiger charge is 2.14. The molecule has 0 saturated heterocycles. The Labute approximate surface area is 170 Å². The SMILES string of the molecule is CCc1ccc(NC(=O)c2nnc(COC(=O)COc3cccc(F)c3)s2)cc1. The molecule has 2 aromatic carbocycles. The van der Waals surface area contributed by atoms with Crippen molar-refractivity contribution in [2.24, 2.45) is 0 Å². The van der Waals surface area contributed by atoms with Crippen LogP contribution in [0.2, 0.25) is 0 Å². The van der Waals surface area contributed by atoms with Gasteiger partial charge in [0.2, 0.25) is 5.01 Å². The predicted molar refractivity (Wildman–Crippen MR) is 105 cm³/mol. The monoisotopic (exact) mass is 415 g/mol. The molecule has 0 aliphatic carbocycles. The minimum atomic E-state index is -0.647. The van der Waals surface area contributed by atoms with Gasteiger partial charge in [-0.2, -0.15) is 0 Å².